The number of para-hydroxylation sites is 1. The van der Waals surface area contributed by atoms with Gasteiger partial charge in [-0.1, -0.05) is 6.07 Å². The molecule has 8 heteroatoms. The zero-order valence-corrected chi connectivity index (χ0v) is 12.7. The number of nitrogens with zero attached hydrogens (tertiary/aromatic N) is 1. The highest BCUT2D eigenvalue weighted by Gasteiger charge is 2.29. The predicted molar refractivity (Wildman–Crippen MR) is 75.8 cm³/mol. The minimum atomic E-state index is -3.68. The molecule has 0 spiro atoms. The normalized spacial score (nSPS) is 12.2. The van der Waals surface area contributed by atoms with Crippen LogP contribution in [0.2, 0.25) is 0 Å². The Morgan fingerprint density at radius 2 is 2.00 bits per heavy atom. The summed E-state index contributed by atoms with van der Waals surface area (Å²) < 4.78 is 28.3. The second kappa shape index (κ2) is 5.76. The van der Waals surface area contributed by atoms with Gasteiger partial charge >= 0.3 is 5.69 Å². The number of nitro groups is 1. The number of hydrogen-bond acceptors (Lipinski definition) is 6. The molecule has 0 aliphatic carbocycles. The Bertz CT molecular complexity index is 610. The van der Waals surface area contributed by atoms with Crippen LogP contribution >= 0.6 is 0 Å². The van der Waals surface area contributed by atoms with Gasteiger partial charge in [-0.25, -0.2) is 8.42 Å². The van der Waals surface area contributed by atoms with Crippen LogP contribution in [-0.2, 0) is 14.6 Å². The van der Waals surface area contributed by atoms with Crippen molar-refractivity contribution in [2.45, 2.75) is 24.3 Å². The van der Waals surface area contributed by atoms with Crippen molar-refractivity contribution < 1.29 is 18.1 Å². The molecular weight excluding hydrogens is 284 g/mol. The van der Waals surface area contributed by atoms with Crippen LogP contribution in [0.3, 0.4) is 0 Å². The number of sulfone groups is 1. The molecule has 1 aromatic carbocycles. The van der Waals surface area contributed by atoms with E-state index in [1.807, 2.05) is 0 Å². The van der Waals surface area contributed by atoms with Crippen LogP contribution < -0.4 is 5.32 Å². The Morgan fingerprint density at radius 3 is 2.45 bits per heavy atom. The SMILES string of the molecule is COCC(C)(C)Nc1cccc(S(C)(=O)=O)c1[N+](=O)[O-]. The van der Waals surface area contributed by atoms with Crippen molar-refractivity contribution >= 4 is 21.2 Å². The van der Waals surface area contributed by atoms with Gasteiger partial charge in [0.05, 0.1) is 17.1 Å². The summed E-state index contributed by atoms with van der Waals surface area (Å²) in [5.41, 5.74) is -0.866. The summed E-state index contributed by atoms with van der Waals surface area (Å²) in [6.45, 7) is 3.91. The number of hydrogen-bond donors (Lipinski definition) is 1. The molecule has 0 saturated heterocycles. The van der Waals surface area contributed by atoms with E-state index in [-0.39, 0.29) is 10.6 Å². The largest absolute Gasteiger partial charge is 0.382 e. The Hall–Kier alpha value is -1.67. The van der Waals surface area contributed by atoms with E-state index >= 15 is 0 Å². The highest BCUT2D eigenvalue weighted by molar-refractivity contribution is 7.90. The average molecular weight is 302 g/mol. The van der Waals surface area contributed by atoms with E-state index in [0.29, 0.717) is 6.61 Å². The minimum absolute atomic E-state index is 0.153. The van der Waals surface area contributed by atoms with E-state index in [1.165, 1.54) is 25.3 Å². The van der Waals surface area contributed by atoms with Crippen LogP contribution in [0.5, 0.6) is 0 Å². The molecule has 0 unspecified atom stereocenters. The summed E-state index contributed by atoms with van der Waals surface area (Å²) in [4.78, 5) is 10.2. The van der Waals surface area contributed by atoms with Crippen molar-refractivity contribution in [3.63, 3.8) is 0 Å². The molecule has 20 heavy (non-hydrogen) atoms. The third-order valence-electron chi connectivity index (χ3n) is 2.56. The molecule has 0 aliphatic heterocycles. The van der Waals surface area contributed by atoms with Gasteiger partial charge in [-0.2, -0.15) is 0 Å². The van der Waals surface area contributed by atoms with Gasteiger partial charge in [0.25, 0.3) is 0 Å². The highest BCUT2D eigenvalue weighted by atomic mass is 32.2. The van der Waals surface area contributed by atoms with Gasteiger partial charge in [0.15, 0.2) is 9.84 Å². The molecule has 0 heterocycles. The standard InChI is InChI=1S/C12H18N2O5S/c1-12(2,8-19-3)13-9-6-5-7-10(20(4,17)18)11(9)14(15)16/h5-7,13H,8H2,1-4H3. The fraction of sp³-hybridized carbons (Fsp3) is 0.500. The smallest absolute Gasteiger partial charge is 0.310 e. The number of ether oxygens (including phenoxy) is 1. The molecule has 0 saturated carbocycles. The van der Waals surface area contributed by atoms with Gasteiger partial charge in [-0.15, -0.1) is 0 Å². The minimum Gasteiger partial charge on any atom is -0.382 e. The van der Waals surface area contributed by atoms with E-state index in [9.17, 15) is 18.5 Å². The van der Waals surface area contributed by atoms with E-state index < -0.39 is 26.0 Å². The third kappa shape index (κ3) is 3.91. The van der Waals surface area contributed by atoms with Crippen molar-refractivity contribution in [1.29, 1.82) is 0 Å². The predicted octanol–water partition coefficient (Wildman–Crippen LogP) is 1.84. The molecular formula is C12H18N2O5S. The lowest BCUT2D eigenvalue weighted by molar-refractivity contribution is -0.386. The van der Waals surface area contributed by atoms with Gasteiger partial charge in [-0.3, -0.25) is 10.1 Å². The number of nitrogens with one attached hydrogen (secondary N) is 1. The maximum Gasteiger partial charge on any atom is 0.310 e. The third-order valence-corrected chi connectivity index (χ3v) is 3.69. The second-order valence-corrected chi connectivity index (χ2v) is 7.11. The molecule has 1 aromatic rings. The molecule has 112 valence electrons. The van der Waals surface area contributed by atoms with Crippen LogP contribution in [0.15, 0.2) is 23.1 Å². The fourth-order valence-corrected chi connectivity index (χ4v) is 2.73. The van der Waals surface area contributed by atoms with Gasteiger partial charge in [0.2, 0.25) is 0 Å². The molecule has 0 aromatic heterocycles. The topological polar surface area (TPSA) is 98.5 Å². The molecule has 0 fully saturated rings. The molecule has 1 N–H and O–H groups in total. The number of anilines is 1. The molecule has 7 nitrogen and oxygen atoms in total. The van der Waals surface area contributed by atoms with Gasteiger partial charge in [0.1, 0.15) is 10.6 Å². The monoisotopic (exact) mass is 302 g/mol. The van der Waals surface area contributed by atoms with Crippen molar-refractivity contribution in [3.8, 4) is 0 Å². The second-order valence-electron chi connectivity index (χ2n) is 5.12. The molecule has 0 aliphatic rings. The zero-order chi connectivity index (χ0) is 15.6. The molecule has 0 amide bonds. The van der Waals surface area contributed by atoms with Gasteiger partial charge in [0, 0.05) is 13.4 Å². The summed E-state index contributed by atoms with van der Waals surface area (Å²) in [5.74, 6) is 0. The van der Waals surface area contributed by atoms with Crippen LogP contribution in [0.4, 0.5) is 11.4 Å². The first-order valence-electron chi connectivity index (χ1n) is 5.83. The first kappa shape index (κ1) is 16.4. The van der Waals surface area contributed by atoms with Crippen molar-refractivity contribution in [2.24, 2.45) is 0 Å². The summed E-state index contributed by atoms with van der Waals surface area (Å²) in [5, 5.41) is 14.2. The Labute approximate surface area is 118 Å². The van der Waals surface area contributed by atoms with E-state index in [2.05, 4.69) is 5.32 Å². The molecule has 0 atom stereocenters. The lowest BCUT2D eigenvalue weighted by Gasteiger charge is -2.26. The summed E-state index contributed by atoms with van der Waals surface area (Å²) >= 11 is 0. The Balaban J connectivity index is 3.38. The lowest BCUT2D eigenvalue weighted by atomic mass is 10.1. The summed E-state index contributed by atoms with van der Waals surface area (Å²) in [6.07, 6.45) is 0.944. The van der Waals surface area contributed by atoms with Crippen molar-refractivity contribution in [1.82, 2.24) is 0 Å². The Kier molecular flexibility index (Phi) is 4.72. The first-order chi connectivity index (χ1) is 9.08. The van der Waals surface area contributed by atoms with Crippen LogP contribution in [0.25, 0.3) is 0 Å². The van der Waals surface area contributed by atoms with E-state index in [1.54, 1.807) is 13.8 Å². The number of nitro benzene ring substituents is 1. The highest BCUT2D eigenvalue weighted by Crippen LogP contribution is 2.33. The van der Waals surface area contributed by atoms with Crippen molar-refractivity contribution in [3.05, 3.63) is 28.3 Å². The maximum absolute atomic E-state index is 11.6. The fourth-order valence-electron chi connectivity index (χ4n) is 1.87. The number of benzene rings is 1. The van der Waals surface area contributed by atoms with Crippen LogP contribution in [0.1, 0.15) is 13.8 Å². The molecule has 1 rings (SSSR count). The first-order valence-corrected chi connectivity index (χ1v) is 7.72. The summed E-state index contributed by atoms with van der Waals surface area (Å²) in [6, 6.07) is 4.17. The van der Waals surface area contributed by atoms with Gasteiger partial charge in [-0.05, 0) is 26.0 Å². The molecule has 0 radical (unpaired) electrons. The molecule has 0 bridgehead atoms. The lowest BCUT2D eigenvalue weighted by Crippen LogP contribution is -2.36. The number of methoxy groups -OCH3 is 1. The number of rotatable bonds is 6. The van der Waals surface area contributed by atoms with Gasteiger partial charge < -0.3 is 10.1 Å². The van der Waals surface area contributed by atoms with Crippen molar-refractivity contribution in [2.75, 3.05) is 25.3 Å². The van der Waals surface area contributed by atoms with Crippen LogP contribution in [0, 0.1) is 10.1 Å². The summed E-state index contributed by atoms with van der Waals surface area (Å²) in [7, 11) is -2.16. The average Bonchev–Trinajstić information content (AvgIpc) is 2.26. The zero-order valence-electron chi connectivity index (χ0n) is 11.8. The maximum atomic E-state index is 11.6. The van der Waals surface area contributed by atoms with E-state index in [4.69, 9.17) is 4.74 Å². The Morgan fingerprint density at radius 1 is 1.40 bits per heavy atom. The quantitative estimate of drug-likeness (QED) is 0.636. The van der Waals surface area contributed by atoms with E-state index in [0.717, 1.165) is 6.26 Å². The van der Waals surface area contributed by atoms with Crippen LogP contribution in [-0.4, -0.2) is 38.9 Å².